The molecule has 1 aliphatic rings. The lowest BCUT2D eigenvalue weighted by Crippen LogP contribution is -2.46. The lowest BCUT2D eigenvalue weighted by Gasteiger charge is -2.34. The predicted octanol–water partition coefficient (Wildman–Crippen LogP) is 0.638. The lowest BCUT2D eigenvalue weighted by molar-refractivity contribution is 0.108. The van der Waals surface area contributed by atoms with E-state index in [-0.39, 0.29) is 12.0 Å². The third-order valence-electron chi connectivity index (χ3n) is 4.07. The molecular formula is C16H21N3O2. The van der Waals surface area contributed by atoms with Crippen molar-refractivity contribution in [3.8, 4) is 0 Å². The molecule has 0 radical (unpaired) electrons. The van der Waals surface area contributed by atoms with E-state index >= 15 is 0 Å². The molecule has 2 aromatic rings. The number of para-hydroxylation sites is 1. The Hall–Kier alpha value is -1.69. The van der Waals surface area contributed by atoms with Gasteiger partial charge < -0.3 is 10.1 Å². The average molecular weight is 287 g/mol. The Balaban J connectivity index is 1.70. The fraction of sp³-hybridized carbons (Fsp3) is 0.438. The van der Waals surface area contributed by atoms with Crippen molar-refractivity contribution in [3.05, 3.63) is 46.2 Å². The van der Waals surface area contributed by atoms with Crippen LogP contribution >= 0.6 is 0 Å². The Labute approximate surface area is 123 Å². The van der Waals surface area contributed by atoms with Gasteiger partial charge in [0.2, 0.25) is 0 Å². The van der Waals surface area contributed by atoms with Gasteiger partial charge in [-0.3, -0.25) is 14.6 Å². The van der Waals surface area contributed by atoms with Crippen LogP contribution in [0.5, 0.6) is 0 Å². The molecule has 2 N–H and O–H groups in total. The number of aromatic amines is 1. The molecule has 21 heavy (non-hydrogen) atoms. The average Bonchev–Trinajstić information content (AvgIpc) is 2.50. The summed E-state index contributed by atoms with van der Waals surface area (Å²) < 4.78 is 0. The minimum absolute atomic E-state index is 0.0817. The summed E-state index contributed by atoms with van der Waals surface area (Å²) in [5.74, 6) is 0. The maximum Gasteiger partial charge on any atom is 0.189 e. The van der Waals surface area contributed by atoms with Gasteiger partial charge in [0, 0.05) is 61.9 Å². The minimum Gasteiger partial charge on any atom is -0.395 e. The Morgan fingerprint density at radius 3 is 2.57 bits per heavy atom. The van der Waals surface area contributed by atoms with E-state index in [1.807, 2.05) is 24.3 Å². The van der Waals surface area contributed by atoms with Crippen LogP contribution in [0.15, 0.2) is 35.1 Å². The molecule has 5 heteroatoms. The normalized spacial score (nSPS) is 17.4. The van der Waals surface area contributed by atoms with Crippen molar-refractivity contribution in [1.82, 2.24) is 14.8 Å². The lowest BCUT2D eigenvalue weighted by atomic mass is 10.2. The number of pyridine rings is 1. The highest BCUT2D eigenvalue weighted by atomic mass is 16.3. The highest BCUT2D eigenvalue weighted by molar-refractivity contribution is 5.78. The monoisotopic (exact) mass is 287 g/mol. The van der Waals surface area contributed by atoms with Gasteiger partial charge in [0.25, 0.3) is 0 Å². The summed E-state index contributed by atoms with van der Waals surface area (Å²) in [5.41, 5.74) is 1.95. The maximum absolute atomic E-state index is 12.1. The van der Waals surface area contributed by atoms with E-state index in [9.17, 15) is 4.79 Å². The Morgan fingerprint density at radius 2 is 1.81 bits per heavy atom. The highest BCUT2D eigenvalue weighted by Crippen LogP contribution is 2.10. The Kier molecular flexibility index (Phi) is 4.34. The second kappa shape index (κ2) is 6.39. The third-order valence-corrected chi connectivity index (χ3v) is 4.07. The number of aromatic nitrogens is 1. The van der Waals surface area contributed by atoms with Crippen molar-refractivity contribution < 1.29 is 5.11 Å². The largest absolute Gasteiger partial charge is 0.395 e. The summed E-state index contributed by atoms with van der Waals surface area (Å²) in [7, 11) is 0. The molecule has 1 aromatic carbocycles. The molecule has 0 spiro atoms. The molecule has 112 valence electrons. The van der Waals surface area contributed by atoms with Crippen LogP contribution < -0.4 is 5.43 Å². The fourth-order valence-electron chi connectivity index (χ4n) is 2.89. The van der Waals surface area contributed by atoms with E-state index in [4.69, 9.17) is 5.11 Å². The van der Waals surface area contributed by atoms with Crippen LogP contribution in [0, 0.1) is 0 Å². The first-order valence-corrected chi connectivity index (χ1v) is 7.43. The van der Waals surface area contributed by atoms with Crippen LogP contribution in [-0.2, 0) is 6.54 Å². The number of β-amino-alcohol motifs (C(OH)–C–C–N with tert-alkyl or cyclic N) is 1. The molecule has 1 aromatic heterocycles. The number of benzene rings is 1. The molecule has 0 amide bonds. The minimum atomic E-state index is 0.0817. The number of aliphatic hydroxyl groups excluding tert-OH is 1. The number of aliphatic hydroxyl groups is 1. The van der Waals surface area contributed by atoms with Gasteiger partial charge in [0.1, 0.15) is 0 Å². The van der Waals surface area contributed by atoms with Crippen LogP contribution in [-0.4, -0.2) is 59.2 Å². The number of rotatable bonds is 4. The Bertz CT molecular complexity index is 660. The summed E-state index contributed by atoms with van der Waals surface area (Å²) in [5, 5.41) is 9.70. The van der Waals surface area contributed by atoms with E-state index in [1.165, 1.54) is 0 Å². The van der Waals surface area contributed by atoms with Crippen LogP contribution in [0.3, 0.4) is 0 Å². The van der Waals surface area contributed by atoms with Crippen LogP contribution in [0.4, 0.5) is 0 Å². The topological polar surface area (TPSA) is 59.6 Å². The number of nitrogens with one attached hydrogen (secondary N) is 1. The van der Waals surface area contributed by atoms with Gasteiger partial charge in [-0.2, -0.15) is 0 Å². The molecule has 0 aliphatic carbocycles. The molecule has 5 nitrogen and oxygen atoms in total. The molecule has 1 fully saturated rings. The van der Waals surface area contributed by atoms with Crippen LogP contribution in [0.2, 0.25) is 0 Å². The number of hydrogen-bond donors (Lipinski definition) is 2. The van der Waals surface area contributed by atoms with Gasteiger partial charge in [0.05, 0.1) is 6.61 Å². The van der Waals surface area contributed by atoms with Crippen molar-refractivity contribution in [2.75, 3.05) is 39.3 Å². The molecule has 3 rings (SSSR count). The van der Waals surface area contributed by atoms with Gasteiger partial charge in [-0.05, 0) is 12.1 Å². The van der Waals surface area contributed by atoms with E-state index in [0.717, 1.165) is 55.9 Å². The highest BCUT2D eigenvalue weighted by Gasteiger charge is 2.16. The molecule has 1 saturated heterocycles. The Morgan fingerprint density at radius 1 is 1.10 bits per heavy atom. The molecule has 0 bridgehead atoms. The van der Waals surface area contributed by atoms with Crippen LogP contribution in [0.1, 0.15) is 5.69 Å². The molecular weight excluding hydrogens is 266 g/mol. The van der Waals surface area contributed by atoms with Crippen LogP contribution in [0.25, 0.3) is 10.9 Å². The standard InChI is InChI=1S/C16H21N3O2/c20-10-9-18-5-7-19(8-6-18)12-13-11-16(21)14-3-1-2-4-15(14)17-13/h1-4,11,20H,5-10,12H2,(H,17,21). The molecule has 0 atom stereocenters. The van der Waals surface area contributed by atoms with Crippen molar-refractivity contribution in [2.24, 2.45) is 0 Å². The second-order valence-corrected chi connectivity index (χ2v) is 5.55. The van der Waals surface area contributed by atoms with E-state index < -0.39 is 0 Å². The summed E-state index contributed by atoms with van der Waals surface area (Å²) in [4.78, 5) is 20.1. The van der Waals surface area contributed by atoms with Gasteiger partial charge >= 0.3 is 0 Å². The first-order valence-electron chi connectivity index (χ1n) is 7.43. The van der Waals surface area contributed by atoms with Crippen molar-refractivity contribution >= 4 is 10.9 Å². The van der Waals surface area contributed by atoms with E-state index in [2.05, 4.69) is 14.8 Å². The number of fused-ring (bicyclic) bond motifs is 1. The zero-order valence-corrected chi connectivity index (χ0v) is 12.1. The zero-order chi connectivity index (χ0) is 14.7. The second-order valence-electron chi connectivity index (χ2n) is 5.55. The summed E-state index contributed by atoms with van der Waals surface area (Å²) in [6, 6.07) is 9.33. The van der Waals surface area contributed by atoms with Crippen molar-refractivity contribution in [1.29, 1.82) is 0 Å². The summed E-state index contributed by atoms with van der Waals surface area (Å²) >= 11 is 0. The van der Waals surface area contributed by atoms with Crippen molar-refractivity contribution in [3.63, 3.8) is 0 Å². The third kappa shape index (κ3) is 3.32. The summed E-state index contributed by atoms with van der Waals surface area (Å²) in [6.45, 7) is 5.62. The molecule has 0 unspecified atom stereocenters. The number of nitrogens with zero attached hydrogens (tertiary/aromatic N) is 2. The fourth-order valence-corrected chi connectivity index (χ4v) is 2.89. The molecule has 2 heterocycles. The van der Waals surface area contributed by atoms with Gasteiger partial charge in [-0.1, -0.05) is 12.1 Å². The van der Waals surface area contributed by atoms with Gasteiger partial charge in [-0.25, -0.2) is 0 Å². The number of piperazine rings is 1. The van der Waals surface area contributed by atoms with E-state index in [0.29, 0.717) is 0 Å². The van der Waals surface area contributed by atoms with E-state index in [1.54, 1.807) is 6.07 Å². The summed E-state index contributed by atoms with van der Waals surface area (Å²) in [6.07, 6.45) is 0. The zero-order valence-electron chi connectivity index (χ0n) is 12.1. The first kappa shape index (κ1) is 14.3. The first-order chi connectivity index (χ1) is 10.3. The number of H-pyrrole nitrogens is 1. The van der Waals surface area contributed by atoms with Gasteiger partial charge in [-0.15, -0.1) is 0 Å². The SMILES string of the molecule is O=c1cc(CN2CCN(CCO)CC2)[nH]c2ccccc12. The molecule has 1 aliphatic heterocycles. The molecule has 0 saturated carbocycles. The van der Waals surface area contributed by atoms with Crippen molar-refractivity contribution in [2.45, 2.75) is 6.54 Å². The quantitative estimate of drug-likeness (QED) is 0.866. The smallest absolute Gasteiger partial charge is 0.189 e. The predicted molar refractivity (Wildman–Crippen MR) is 83.4 cm³/mol. The number of hydrogen-bond acceptors (Lipinski definition) is 4. The maximum atomic E-state index is 12.1. The van der Waals surface area contributed by atoms with Gasteiger partial charge in [0.15, 0.2) is 5.43 Å².